The summed E-state index contributed by atoms with van der Waals surface area (Å²) in [7, 11) is -3.72. The maximum Gasteiger partial charge on any atom is 0.248 e. The fourth-order valence-corrected chi connectivity index (χ4v) is 4.09. The Morgan fingerprint density at radius 2 is 1.86 bits per heavy atom. The molecule has 1 fully saturated rings. The Labute approximate surface area is 123 Å². The maximum atomic E-state index is 12.7. The molecule has 4 N–H and O–H groups in total. The van der Waals surface area contributed by atoms with E-state index in [1.54, 1.807) is 0 Å². The highest BCUT2D eigenvalue weighted by molar-refractivity contribution is 7.89. The number of nitrogen functional groups attached to an aromatic ring is 1. The summed E-state index contributed by atoms with van der Waals surface area (Å²) in [6.45, 7) is 4.17. The lowest BCUT2D eigenvalue weighted by atomic mass is 10.2. The first-order valence-corrected chi connectivity index (χ1v) is 8.00. The van der Waals surface area contributed by atoms with Crippen molar-refractivity contribution in [1.82, 2.24) is 4.31 Å². The minimum atomic E-state index is -3.72. The summed E-state index contributed by atoms with van der Waals surface area (Å²) in [4.78, 5) is 11.1. The van der Waals surface area contributed by atoms with Crippen LogP contribution in [-0.2, 0) is 14.8 Å². The third kappa shape index (κ3) is 3.17. The number of ether oxygens (including phenoxy) is 1. The first kappa shape index (κ1) is 15.7. The van der Waals surface area contributed by atoms with Gasteiger partial charge in [-0.25, -0.2) is 8.42 Å². The minimum Gasteiger partial charge on any atom is -0.398 e. The van der Waals surface area contributed by atoms with Crippen LogP contribution in [0.4, 0.5) is 5.69 Å². The van der Waals surface area contributed by atoms with Gasteiger partial charge in [-0.3, -0.25) is 4.79 Å². The number of sulfonamides is 1. The molecule has 7 nitrogen and oxygen atoms in total. The predicted molar refractivity (Wildman–Crippen MR) is 78.1 cm³/mol. The van der Waals surface area contributed by atoms with Gasteiger partial charge in [-0.15, -0.1) is 0 Å². The van der Waals surface area contributed by atoms with Crippen molar-refractivity contribution in [2.24, 2.45) is 5.73 Å². The maximum absolute atomic E-state index is 12.7. The van der Waals surface area contributed by atoms with Gasteiger partial charge >= 0.3 is 0 Å². The molecule has 116 valence electrons. The van der Waals surface area contributed by atoms with Crippen molar-refractivity contribution in [2.75, 3.05) is 18.8 Å². The largest absolute Gasteiger partial charge is 0.398 e. The normalized spacial score (nSPS) is 23.9. The molecule has 1 heterocycles. The molecule has 1 aromatic rings. The molecule has 0 bridgehead atoms. The molecule has 0 aromatic heterocycles. The monoisotopic (exact) mass is 313 g/mol. The highest BCUT2D eigenvalue weighted by Gasteiger charge is 2.33. The van der Waals surface area contributed by atoms with Crippen LogP contribution in [0.15, 0.2) is 23.1 Å². The molecule has 0 radical (unpaired) electrons. The predicted octanol–water partition coefficient (Wildman–Crippen LogP) is 0.166. The molecule has 2 rings (SSSR count). The van der Waals surface area contributed by atoms with Crippen LogP contribution >= 0.6 is 0 Å². The lowest BCUT2D eigenvalue weighted by Gasteiger charge is -2.34. The summed E-state index contributed by atoms with van der Waals surface area (Å²) >= 11 is 0. The number of carbonyl (C=O) groups excluding carboxylic acids is 1. The summed E-state index contributed by atoms with van der Waals surface area (Å²) in [5.74, 6) is -0.653. The Bertz CT molecular complexity index is 649. The van der Waals surface area contributed by atoms with E-state index in [0.717, 1.165) is 0 Å². The van der Waals surface area contributed by atoms with Crippen LogP contribution in [0.1, 0.15) is 24.2 Å². The van der Waals surface area contributed by atoms with Crippen LogP contribution in [0.3, 0.4) is 0 Å². The molecule has 2 atom stereocenters. The first-order chi connectivity index (χ1) is 9.71. The van der Waals surface area contributed by atoms with Gasteiger partial charge in [0.15, 0.2) is 0 Å². The van der Waals surface area contributed by atoms with Crippen molar-refractivity contribution in [3.63, 3.8) is 0 Å². The second-order valence-electron chi connectivity index (χ2n) is 5.20. The van der Waals surface area contributed by atoms with E-state index in [1.807, 2.05) is 13.8 Å². The number of nitrogens with two attached hydrogens (primary N) is 2. The van der Waals surface area contributed by atoms with Crippen LogP contribution in [0.5, 0.6) is 0 Å². The lowest BCUT2D eigenvalue weighted by Crippen LogP contribution is -2.48. The van der Waals surface area contributed by atoms with Crippen LogP contribution in [0, 0.1) is 0 Å². The Kier molecular flexibility index (Phi) is 4.22. The van der Waals surface area contributed by atoms with E-state index in [0.29, 0.717) is 0 Å². The van der Waals surface area contributed by atoms with Crippen molar-refractivity contribution < 1.29 is 17.9 Å². The van der Waals surface area contributed by atoms with Gasteiger partial charge in [-0.05, 0) is 32.0 Å². The number of morpholine rings is 1. The summed E-state index contributed by atoms with van der Waals surface area (Å²) < 4.78 is 32.2. The molecule has 0 aliphatic carbocycles. The van der Waals surface area contributed by atoms with E-state index in [2.05, 4.69) is 0 Å². The van der Waals surface area contributed by atoms with Gasteiger partial charge < -0.3 is 16.2 Å². The highest BCUT2D eigenvalue weighted by atomic mass is 32.2. The zero-order valence-electron chi connectivity index (χ0n) is 11.9. The van der Waals surface area contributed by atoms with E-state index in [1.165, 1.54) is 22.5 Å². The topological polar surface area (TPSA) is 116 Å². The molecule has 1 amide bonds. The van der Waals surface area contributed by atoms with Gasteiger partial charge in [0.25, 0.3) is 0 Å². The molecule has 1 aliphatic heterocycles. The van der Waals surface area contributed by atoms with Gasteiger partial charge in [0.2, 0.25) is 15.9 Å². The second kappa shape index (κ2) is 5.63. The molecule has 21 heavy (non-hydrogen) atoms. The Balaban J connectivity index is 2.37. The third-order valence-electron chi connectivity index (χ3n) is 3.30. The summed E-state index contributed by atoms with van der Waals surface area (Å²) in [5, 5.41) is 0. The zero-order valence-corrected chi connectivity index (χ0v) is 12.8. The number of benzene rings is 1. The lowest BCUT2D eigenvalue weighted by molar-refractivity contribution is -0.0440. The number of primary amides is 1. The van der Waals surface area contributed by atoms with Gasteiger partial charge in [-0.1, -0.05) is 0 Å². The van der Waals surface area contributed by atoms with Crippen molar-refractivity contribution in [1.29, 1.82) is 0 Å². The van der Waals surface area contributed by atoms with Crippen LogP contribution in [0.2, 0.25) is 0 Å². The zero-order chi connectivity index (χ0) is 15.8. The standard InChI is InChI=1S/C13H19N3O4S/c1-8-6-16(7-9(2)20-8)21(18,19)12-4-3-10(13(15)17)5-11(12)14/h3-5,8-9H,6-7,14H2,1-2H3,(H2,15,17). The second-order valence-corrected chi connectivity index (χ2v) is 7.10. The number of rotatable bonds is 3. The number of anilines is 1. The Morgan fingerprint density at radius 3 is 2.33 bits per heavy atom. The van der Waals surface area contributed by atoms with E-state index in [9.17, 15) is 13.2 Å². The van der Waals surface area contributed by atoms with E-state index in [4.69, 9.17) is 16.2 Å². The van der Waals surface area contributed by atoms with Gasteiger partial charge in [0.1, 0.15) is 4.90 Å². The highest BCUT2D eigenvalue weighted by Crippen LogP contribution is 2.26. The van der Waals surface area contributed by atoms with Crippen molar-refractivity contribution in [3.05, 3.63) is 23.8 Å². The average Bonchev–Trinajstić information content (AvgIpc) is 2.36. The number of carbonyl (C=O) groups is 1. The van der Waals surface area contributed by atoms with Crippen LogP contribution in [0.25, 0.3) is 0 Å². The van der Waals surface area contributed by atoms with E-state index < -0.39 is 15.9 Å². The first-order valence-electron chi connectivity index (χ1n) is 6.56. The fraction of sp³-hybridized carbons (Fsp3) is 0.462. The molecule has 0 saturated carbocycles. The van der Waals surface area contributed by atoms with E-state index >= 15 is 0 Å². The van der Waals surface area contributed by atoms with Crippen molar-refractivity contribution in [3.8, 4) is 0 Å². The van der Waals surface area contributed by atoms with Gasteiger partial charge in [-0.2, -0.15) is 4.31 Å². The molecular weight excluding hydrogens is 294 g/mol. The average molecular weight is 313 g/mol. The summed E-state index contributed by atoms with van der Waals surface area (Å²) in [6.07, 6.45) is -0.371. The third-order valence-corrected chi connectivity index (χ3v) is 5.20. The number of hydrogen-bond acceptors (Lipinski definition) is 5. The van der Waals surface area contributed by atoms with E-state index in [-0.39, 0.29) is 41.4 Å². The molecular formula is C13H19N3O4S. The number of amides is 1. The summed E-state index contributed by atoms with van der Waals surface area (Å²) in [6, 6.07) is 3.96. The number of nitrogens with zero attached hydrogens (tertiary/aromatic N) is 1. The Morgan fingerprint density at radius 1 is 1.29 bits per heavy atom. The van der Waals surface area contributed by atoms with Crippen molar-refractivity contribution >= 4 is 21.6 Å². The molecule has 1 aliphatic rings. The molecule has 8 heteroatoms. The molecule has 2 unspecified atom stereocenters. The summed E-state index contributed by atoms with van der Waals surface area (Å²) in [5.41, 5.74) is 11.1. The molecule has 0 spiro atoms. The molecule has 1 aromatic carbocycles. The quantitative estimate of drug-likeness (QED) is 0.771. The number of hydrogen-bond donors (Lipinski definition) is 2. The Hall–Kier alpha value is -1.64. The van der Waals surface area contributed by atoms with Crippen molar-refractivity contribution in [2.45, 2.75) is 31.0 Å². The van der Waals surface area contributed by atoms with Gasteiger partial charge in [0.05, 0.1) is 17.9 Å². The van der Waals surface area contributed by atoms with Gasteiger partial charge in [0, 0.05) is 18.7 Å². The fourth-order valence-electron chi connectivity index (χ4n) is 2.40. The van der Waals surface area contributed by atoms with Crippen LogP contribution in [-0.4, -0.2) is 43.9 Å². The molecule has 1 saturated heterocycles. The minimum absolute atomic E-state index is 0.0121. The smallest absolute Gasteiger partial charge is 0.248 e. The van der Waals surface area contributed by atoms with Crippen LogP contribution < -0.4 is 11.5 Å². The SMILES string of the molecule is CC1CN(S(=O)(=O)c2ccc(C(N)=O)cc2N)CC(C)O1.